The Hall–Kier alpha value is -2.50. The summed E-state index contributed by atoms with van der Waals surface area (Å²) < 4.78 is 10.7. The fourth-order valence-corrected chi connectivity index (χ4v) is 2.11. The summed E-state index contributed by atoms with van der Waals surface area (Å²) in [5.41, 5.74) is 2.16. The molecule has 1 aromatic carbocycles. The number of ether oxygens (including phenoxy) is 1. The van der Waals surface area contributed by atoms with Crippen LogP contribution in [0.2, 0.25) is 0 Å². The molecule has 0 amide bonds. The molecule has 0 aliphatic carbocycles. The minimum absolute atomic E-state index is 0.511. The maximum atomic E-state index is 5.54. The highest BCUT2D eigenvalue weighted by atomic mass is 16.5. The molecule has 0 bridgehead atoms. The highest BCUT2D eigenvalue weighted by molar-refractivity contribution is 5.79. The van der Waals surface area contributed by atoms with Crippen LogP contribution in [0.5, 0.6) is 5.75 Å². The zero-order valence-electron chi connectivity index (χ0n) is 14.1. The number of benzene rings is 1. The quantitative estimate of drug-likeness (QED) is 0.631. The van der Waals surface area contributed by atoms with Crippen LogP contribution in [-0.4, -0.2) is 31.6 Å². The first-order valence-electron chi connectivity index (χ1n) is 7.62. The Kier molecular flexibility index (Phi) is 6.02. The number of nitrogens with one attached hydrogen (secondary N) is 2. The number of hydrogen-bond acceptors (Lipinski definition) is 4. The molecule has 2 N–H and O–H groups in total. The van der Waals surface area contributed by atoms with Crippen molar-refractivity contribution in [1.82, 2.24) is 15.6 Å². The van der Waals surface area contributed by atoms with Crippen molar-refractivity contribution < 1.29 is 9.15 Å². The molecule has 6 nitrogen and oxygen atoms in total. The number of aromatic nitrogens is 1. The second-order valence-electron chi connectivity index (χ2n) is 5.20. The van der Waals surface area contributed by atoms with Gasteiger partial charge in [0.15, 0.2) is 5.96 Å². The van der Waals surface area contributed by atoms with Gasteiger partial charge in [0.05, 0.1) is 19.3 Å². The van der Waals surface area contributed by atoms with Crippen molar-refractivity contribution in [3.63, 3.8) is 0 Å². The number of oxazole rings is 1. The van der Waals surface area contributed by atoms with E-state index in [0.717, 1.165) is 36.1 Å². The Labute approximate surface area is 137 Å². The van der Waals surface area contributed by atoms with Gasteiger partial charge in [0.2, 0.25) is 5.89 Å². The minimum atomic E-state index is 0.511. The molecule has 124 valence electrons. The zero-order valence-corrected chi connectivity index (χ0v) is 14.1. The average Bonchev–Trinajstić information content (AvgIpc) is 2.89. The number of aryl methyl sites for hydroxylation is 2. The Morgan fingerprint density at radius 2 is 1.96 bits per heavy atom. The highest BCUT2D eigenvalue weighted by Crippen LogP contribution is 2.11. The van der Waals surface area contributed by atoms with E-state index in [1.165, 1.54) is 5.56 Å². The topological polar surface area (TPSA) is 71.7 Å². The van der Waals surface area contributed by atoms with E-state index in [4.69, 9.17) is 9.15 Å². The molecule has 0 saturated carbocycles. The molecule has 0 atom stereocenters. The predicted molar refractivity (Wildman–Crippen MR) is 90.9 cm³/mol. The van der Waals surface area contributed by atoms with Gasteiger partial charge in [0, 0.05) is 13.6 Å². The first kappa shape index (κ1) is 16.9. The van der Waals surface area contributed by atoms with Crippen LogP contribution < -0.4 is 15.4 Å². The Morgan fingerprint density at radius 3 is 2.52 bits per heavy atom. The summed E-state index contributed by atoms with van der Waals surface area (Å²) in [5, 5.41) is 6.47. The molecule has 0 unspecified atom stereocenters. The van der Waals surface area contributed by atoms with E-state index in [1.807, 2.05) is 26.0 Å². The molecular formula is C17H24N4O2. The van der Waals surface area contributed by atoms with Crippen molar-refractivity contribution in [3.05, 3.63) is 47.2 Å². The SMILES string of the molecule is CN=C(NCCc1ccc(OC)cc1)NCc1nc(C)c(C)o1. The lowest BCUT2D eigenvalue weighted by Gasteiger charge is -2.10. The number of nitrogens with zero attached hydrogens (tertiary/aromatic N) is 2. The van der Waals surface area contributed by atoms with E-state index in [2.05, 4.69) is 32.7 Å². The van der Waals surface area contributed by atoms with Crippen LogP contribution in [0.15, 0.2) is 33.7 Å². The summed E-state index contributed by atoms with van der Waals surface area (Å²) in [6, 6.07) is 8.06. The van der Waals surface area contributed by atoms with Gasteiger partial charge < -0.3 is 19.8 Å². The number of aliphatic imine (C=N–C) groups is 1. The highest BCUT2D eigenvalue weighted by Gasteiger charge is 2.06. The van der Waals surface area contributed by atoms with Crippen LogP contribution in [-0.2, 0) is 13.0 Å². The average molecular weight is 316 g/mol. The molecule has 1 heterocycles. The van der Waals surface area contributed by atoms with E-state index in [0.29, 0.717) is 12.4 Å². The molecule has 0 saturated heterocycles. The molecule has 0 spiro atoms. The van der Waals surface area contributed by atoms with Gasteiger partial charge in [-0.1, -0.05) is 12.1 Å². The van der Waals surface area contributed by atoms with Crippen molar-refractivity contribution in [1.29, 1.82) is 0 Å². The number of methoxy groups -OCH3 is 1. The van der Waals surface area contributed by atoms with Crippen LogP contribution in [0.4, 0.5) is 0 Å². The van der Waals surface area contributed by atoms with Gasteiger partial charge in [-0.15, -0.1) is 0 Å². The molecule has 6 heteroatoms. The minimum Gasteiger partial charge on any atom is -0.497 e. The Balaban J connectivity index is 1.76. The van der Waals surface area contributed by atoms with Gasteiger partial charge in [-0.05, 0) is 38.0 Å². The fraction of sp³-hybridized carbons (Fsp3) is 0.412. The van der Waals surface area contributed by atoms with Crippen LogP contribution in [0, 0.1) is 13.8 Å². The third-order valence-corrected chi connectivity index (χ3v) is 3.57. The molecule has 1 aromatic heterocycles. The van der Waals surface area contributed by atoms with Crippen LogP contribution in [0.25, 0.3) is 0 Å². The molecule has 0 aliphatic rings. The van der Waals surface area contributed by atoms with Crippen molar-refractivity contribution in [2.24, 2.45) is 4.99 Å². The van der Waals surface area contributed by atoms with E-state index >= 15 is 0 Å². The first-order chi connectivity index (χ1) is 11.1. The third-order valence-electron chi connectivity index (χ3n) is 3.57. The second-order valence-corrected chi connectivity index (χ2v) is 5.20. The van der Waals surface area contributed by atoms with Gasteiger partial charge in [0.1, 0.15) is 11.5 Å². The molecular weight excluding hydrogens is 292 g/mol. The number of guanidine groups is 1. The van der Waals surface area contributed by atoms with Gasteiger partial charge >= 0.3 is 0 Å². The summed E-state index contributed by atoms with van der Waals surface area (Å²) in [6.45, 7) is 5.14. The van der Waals surface area contributed by atoms with E-state index in [9.17, 15) is 0 Å². The summed E-state index contributed by atoms with van der Waals surface area (Å²) in [4.78, 5) is 8.53. The zero-order chi connectivity index (χ0) is 16.7. The summed E-state index contributed by atoms with van der Waals surface area (Å²) in [5.74, 6) is 3.12. The molecule has 23 heavy (non-hydrogen) atoms. The van der Waals surface area contributed by atoms with Crippen LogP contribution >= 0.6 is 0 Å². The second kappa shape index (κ2) is 8.22. The fourth-order valence-electron chi connectivity index (χ4n) is 2.11. The molecule has 0 fully saturated rings. The first-order valence-corrected chi connectivity index (χ1v) is 7.62. The lowest BCUT2D eigenvalue weighted by Crippen LogP contribution is -2.37. The van der Waals surface area contributed by atoms with E-state index in [-0.39, 0.29) is 0 Å². The predicted octanol–water partition coefficient (Wildman–Crippen LogP) is 2.21. The van der Waals surface area contributed by atoms with Crippen LogP contribution in [0.1, 0.15) is 22.9 Å². The largest absolute Gasteiger partial charge is 0.497 e. The third kappa shape index (κ3) is 5.02. The van der Waals surface area contributed by atoms with Gasteiger partial charge in [-0.2, -0.15) is 0 Å². The van der Waals surface area contributed by atoms with Gasteiger partial charge in [-0.25, -0.2) is 4.98 Å². The van der Waals surface area contributed by atoms with Crippen molar-refractivity contribution >= 4 is 5.96 Å². The maximum Gasteiger partial charge on any atom is 0.214 e. The Bertz CT molecular complexity index is 628. The molecule has 0 radical (unpaired) electrons. The summed E-state index contributed by atoms with van der Waals surface area (Å²) in [6.07, 6.45) is 0.905. The number of hydrogen-bond donors (Lipinski definition) is 2. The summed E-state index contributed by atoms with van der Waals surface area (Å²) >= 11 is 0. The smallest absolute Gasteiger partial charge is 0.214 e. The molecule has 2 aromatic rings. The standard InChI is InChI=1S/C17H24N4O2/c1-12-13(2)23-16(21-12)11-20-17(18-3)19-10-9-14-5-7-15(22-4)8-6-14/h5-8H,9-11H2,1-4H3,(H2,18,19,20). The summed E-state index contributed by atoms with van der Waals surface area (Å²) in [7, 11) is 3.41. The maximum absolute atomic E-state index is 5.54. The van der Waals surface area contributed by atoms with E-state index in [1.54, 1.807) is 14.2 Å². The van der Waals surface area contributed by atoms with Crippen molar-refractivity contribution in [3.8, 4) is 5.75 Å². The van der Waals surface area contributed by atoms with Crippen LogP contribution in [0.3, 0.4) is 0 Å². The lowest BCUT2D eigenvalue weighted by atomic mass is 10.1. The van der Waals surface area contributed by atoms with E-state index < -0.39 is 0 Å². The monoisotopic (exact) mass is 316 g/mol. The number of rotatable bonds is 6. The van der Waals surface area contributed by atoms with Gasteiger partial charge in [0.25, 0.3) is 0 Å². The lowest BCUT2D eigenvalue weighted by molar-refractivity contribution is 0.414. The van der Waals surface area contributed by atoms with Crippen molar-refractivity contribution in [2.45, 2.75) is 26.8 Å². The molecule has 0 aliphatic heterocycles. The van der Waals surface area contributed by atoms with Gasteiger partial charge in [-0.3, -0.25) is 4.99 Å². The van der Waals surface area contributed by atoms with Crippen molar-refractivity contribution in [2.75, 3.05) is 20.7 Å². The molecule has 2 rings (SSSR count). The normalized spacial score (nSPS) is 11.4. The Morgan fingerprint density at radius 1 is 1.22 bits per heavy atom.